The van der Waals surface area contributed by atoms with Crippen LogP contribution in [0.25, 0.3) is 0 Å². The summed E-state index contributed by atoms with van der Waals surface area (Å²) in [7, 11) is 0. The first-order valence-electron chi connectivity index (χ1n) is 2.82. The highest BCUT2D eigenvalue weighted by molar-refractivity contribution is 5.75. The zero-order valence-corrected chi connectivity index (χ0v) is 6.89. The second-order valence-electron chi connectivity index (χ2n) is 1.76. The van der Waals surface area contributed by atoms with Gasteiger partial charge in [-0.1, -0.05) is 0 Å². The Balaban J connectivity index is -0.0000000427. The maximum atomic E-state index is 4.05. The van der Waals surface area contributed by atoms with Crippen molar-refractivity contribution in [3.05, 3.63) is 18.2 Å². The average Bonchev–Trinajstić information content (AvgIpc) is 2.14. The summed E-state index contributed by atoms with van der Waals surface area (Å²) in [5.74, 6) is 1.09. The van der Waals surface area contributed by atoms with Crippen molar-refractivity contribution in [2.24, 2.45) is 0 Å². The number of hydrogen-bond donors (Lipinski definition) is 0. The van der Waals surface area contributed by atoms with Crippen LogP contribution in [0.3, 0.4) is 0 Å². The van der Waals surface area contributed by atoms with Crippen molar-refractivity contribution >= 4 is 8.41 Å². The highest BCUT2D eigenvalue weighted by Crippen LogP contribution is 1.92. The molecule has 0 radical (unpaired) electrons. The van der Waals surface area contributed by atoms with E-state index in [-0.39, 0.29) is 27.2 Å². The van der Waals surface area contributed by atoms with E-state index in [9.17, 15) is 0 Å². The Bertz CT molecular complexity index is 183. The van der Waals surface area contributed by atoms with Gasteiger partial charge in [0, 0.05) is 18.9 Å². The summed E-state index contributed by atoms with van der Waals surface area (Å²) in [6.07, 6.45) is 3.80. The Morgan fingerprint density at radius 3 is 1.85 bits per heavy atom. The Kier molecular flexibility index (Phi) is 30.9. The van der Waals surface area contributed by atoms with Crippen LogP contribution in [0.2, 0.25) is 0 Å². The lowest BCUT2D eigenvalue weighted by Crippen LogP contribution is -1.93. The summed E-state index contributed by atoms with van der Waals surface area (Å²) in [6.45, 7) is 5.13. The van der Waals surface area contributed by atoms with Gasteiger partial charge in [-0.05, 0) is 13.8 Å². The second-order valence-corrected chi connectivity index (χ2v) is 1.76. The van der Waals surface area contributed by atoms with Crippen molar-refractivity contribution in [3.8, 4) is 0 Å². The molecule has 0 N–H and O–H groups in total. The molecular formula is C6H17BF4N2. The van der Waals surface area contributed by atoms with E-state index in [1.807, 2.05) is 19.3 Å². The third-order valence-electron chi connectivity index (χ3n) is 1.26. The maximum absolute atomic E-state index is 4.05. The fourth-order valence-electron chi connectivity index (χ4n) is 0.738. The molecule has 0 saturated carbocycles. The lowest BCUT2D eigenvalue weighted by Gasteiger charge is -1.95. The number of halogens is 4. The summed E-state index contributed by atoms with van der Waals surface area (Å²) in [4.78, 5) is 4.05. The molecule has 0 saturated heterocycles. The minimum absolute atomic E-state index is 0. The molecule has 0 amide bonds. The van der Waals surface area contributed by atoms with Gasteiger partial charge in [-0.25, -0.2) is 4.98 Å². The molecule has 1 heterocycles. The van der Waals surface area contributed by atoms with Crippen molar-refractivity contribution in [1.29, 1.82) is 0 Å². The normalized spacial score (nSPS) is 6.00. The lowest BCUT2D eigenvalue weighted by molar-refractivity contribution is 0.730. The van der Waals surface area contributed by atoms with E-state index in [0.717, 1.165) is 12.4 Å². The van der Waals surface area contributed by atoms with Crippen molar-refractivity contribution in [3.63, 3.8) is 0 Å². The molecule has 0 spiro atoms. The standard InChI is InChI=1S/C6H10N2.BH3.4FH/c1-3-8-5-4-7-6(8)2;;;;;/h4-5H,3H2,1-2H3;1H3;4*1H. The van der Waals surface area contributed by atoms with Crippen LogP contribution in [0.15, 0.2) is 12.4 Å². The fraction of sp³-hybridized carbons (Fsp3) is 0.500. The van der Waals surface area contributed by atoms with Crippen molar-refractivity contribution < 1.29 is 18.8 Å². The average molecular weight is 204 g/mol. The summed E-state index contributed by atoms with van der Waals surface area (Å²) >= 11 is 0. The summed E-state index contributed by atoms with van der Waals surface area (Å²) in [5, 5.41) is 0. The Morgan fingerprint density at radius 2 is 1.69 bits per heavy atom. The maximum Gasteiger partial charge on any atom is 0.105 e. The minimum Gasteiger partial charge on any atom is -0.335 e. The van der Waals surface area contributed by atoms with Gasteiger partial charge in [0.2, 0.25) is 0 Å². The van der Waals surface area contributed by atoms with Gasteiger partial charge in [0.1, 0.15) is 5.82 Å². The monoisotopic (exact) mass is 204 g/mol. The third-order valence-corrected chi connectivity index (χ3v) is 1.26. The molecule has 0 aromatic carbocycles. The Morgan fingerprint density at radius 1 is 1.23 bits per heavy atom. The predicted molar refractivity (Wildman–Crippen MR) is 52.6 cm³/mol. The predicted octanol–water partition coefficient (Wildman–Crippen LogP) is 0.638. The first-order chi connectivity index (χ1) is 3.84. The van der Waals surface area contributed by atoms with Crippen LogP contribution in [0.4, 0.5) is 18.8 Å². The topological polar surface area (TPSA) is 17.8 Å². The summed E-state index contributed by atoms with van der Waals surface area (Å²) in [5.41, 5.74) is 0. The molecule has 82 valence electrons. The van der Waals surface area contributed by atoms with Crippen LogP contribution < -0.4 is 0 Å². The van der Waals surface area contributed by atoms with Crippen molar-refractivity contribution in [1.82, 2.24) is 9.55 Å². The van der Waals surface area contributed by atoms with Crippen LogP contribution in [-0.2, 0) is 6.54 Å². The zero-order chi connectivity index (χ0) is 5.98. The summed E-state index contributed by atoms with van der Waals surface area (Å²) in [6, 6.07) is 0. The van der Waals surface area contributed by atoms with Crippen LogP contribution in [0, 0.1) is 6.92 Å². The van der Waals surface area contributed by atoms with Gasteiger partial charge in [-0.3, -0.25) is 18.8 Å². The molecule has 0 unspecified atom stereocenters. The number of rotatable bonds is 1. The van der Waals surface area contributed by atoms with Crippen LogP contribution in [0.1, 0.15) is 12.7 Å². The molecular weight excluding hydrogens is 187 g/mol. The van der Waals surface area contributed by atoms with Gasteiger partial charge in [0.05, 0.1) is 8.41 Å². The van der Waals surface area contributed by atoms with E-state index in [2.05, 4.69) is 16.5 Å². The van der Waals surface area contributed by atoms with Crippen LogP contribution in [0.5, 0.6) is 0 Å². The molecule has 2 nitrogen and oxygen atoms in total. The van der Waals surface area contributed by atoms with Gasteiger partial charge >= 0.3 is 0 Å². The highest BCUT2D eigenvalue weighted by Gasteiger charge is 1.88. The SMILES string of the molecule is B.CCn1ccnc1C.F.F.F.F. The molecule has 1 aromatic heterocycles. The van der Waals surface area contributed by atoms with Crippen molar-refractivity contribution in [2.45, 2.75) is 20.4 Å². The molecule has 13 heavy (non-hydrogen) atoms. The van der Waals surface area contributed by atoms with Gasteiger partial charge in [-0.15, -0.1) is 0 Å². The van der Waals surface area contributed by atoms with E-state index < -0.39 is 0 Å². The van der Waals surface area contributed by atoms with E-state index in [1.165, 1.54) is 0 Å². The van der Waals surface area contributed by atoms with Gasteiger partial charge in [0.25, 0.3) is 0 Å². The first-order valence-corrected chi connectivity index (χ1v) is 2.82. The molecule has 0 aliphatic carbocycles. The third kappa shape index (κ3) is 7.36. The first kappa shape index (κ1) is 29.6. The number of imidazole rings is 1. The quantitative estimate of drug-likeness (QED) is 0.484. The Hall–Kier alpha value is -1.01. The summed E-state index contributed by atoms with van der Waals surface area (Å²) < 4.78 is 2.10. The van der Waals surface area contributed by atoms with Gasteiger partial charge in [-0.2, -0.15) is 0 Å². The van der Waals surface area contributed by atoms with E-state index in [1.54, 1.807) is 0 Å². The highest BCUT2D eigenvalue weighted by atomic mass is 19.0. The minimum atomic E-state index is 0. The zero-order valence-electron chi connectivity index (χ0n) is 6.89. The van der Waals surface area contributed by atoms with Gasteiger partial charge in [0.15, 0.2) is 0 Å². The van der Waals surface area contributed by atoms with E-state index in [4.69, 9.17) is 0 Å². The molecule has 0 aliphatic heterocycles. The van der Waals surface area contributed by atoms with Crippen LogP contribution >= 0.6 is 0 Å². The fourth-order valence-corrected chi connectivity index (χ4v) is 0.738. The molecule has 0 bridgehead atoms. The molecule has 0 atom stereocenters. The smallest absolute Gasteiger partial charge is 0.105 e. The lowest BCUT2D eigenvalue weighted by atomic mass is 10.6. The van der Waals surface area contributed by atoms with E-state index in [0.29, 0.717) is 0 Å². The molecule has 0 fully saturated rings. The molecule has 7 heteroatoms. The number of nitrogens with zero attached hydrogens (tertiary/aromatic N) is 2. The van der Waals surface area contributed by atoms with Crippen LogP contribution in [-0.4, -0.2) is 18.0 Å². The Labute approximate surface area is 76.4 Å². The number of hydrogen-bond acceptors (Lipinski definition) is 1. The molecule has 1 rings (SSSR count). The molecule has 1 aromatic rings. The van der Waals surface area contributed by atoms with E-state index >= 15 is 0 Å². The van der Waals surface area contributed by atoms with Crippen molar-refractivity contribution in [2.75, 3.05) is 0 Å². The largest absolute Gasteiger partial charge is 0.335 e. The number of aromatic nitrogens is 2. The van der Waals surface area contributed by atoms with Gasteiger partial charge < -0.3 is 4.57 Å². The molecule has 0 aliphatic rings. The second kappa shape index (κ2) is 13.6. The number of aryl methyl sites for hydroxylation is 2.